The summed E-state index contributed by atoms with van der Waals surface area (Å²) >= 11 is 19.7. The van der Waals surface area contributed by atoms with Gasteiger partial charge < -0.3 is 0 Å². The van der Waals surface area contributed by atoms with Crippen molar-refractivity contribution in [3.63, 3.8) is 0 Å². The van der Waals surface area contributed by atoms with Gasteiger partial charge in [-0.2, -0.15) is 17.5 Å². The molecule has 2 aromatic carbocycles. The van der Waals surface area contributed by atoms with E-state index in [0.29, 0.717) is 43.4 Å². The number of thioether (sulfide) groups is 2. The van der Waals surface area contributed by atoms with Gasteiger partial charge in [0.2, 0.25) is 0 Å². The molecule has 57 heavy (non-hydrogen) atoms. The second-order valence-corrected chi connectivity index (χ2v) is 21.7. The zero-order valence-electron chi connectivity index (χ0n) is 31.9. The predicted molar refractivity (Wildman–Crippen MR) is 251 cm³/mol. The highest BCUT2D eigenvalue weighted by atomic mass is 32.2. The Kier molecular flexibility index (Phi) is 10.4. The van der Waals surface area contributed by atoms with Crippen molar-refractivity contribution in [3.8, 4) is 30.6 Å². The van der Waals surface area contributed by atoms with E-state index in [0.717, 1.165) is 57.2 Å². The lowest BCUT2D eigenvalue weighted by molar-refractivity contribution is -0.122. The summed E-state index contributed by atoms with van der Waals surface area (Å²) in [6, 6.07) is 13.3. The van der Waals surface area contributed by atoms with Crippen molar-refractivity contribution in [3.05, 3.63) is 68.5 Å². The van der Waals surface area contributed by atoms with Crippen molar-refractivity contribution in [2.75, 3.05) is 13.1 Å². The summed E-state index contributed by atoms with van der Waals surface area (Å²) in [7, 11) is 0. The molecule has 2 saturated heterocycles. The molecule has 1 aliphatic carbocycles. The maximum atomic E-state index is 13.1. The molecule has 9 rings (SSSR count). The number of carbonyl (C=O) groups is 2. The van der Waals surface area contributed by atoms with Gasteiger partial charge >= 0.3 is 0 Å². The number of rotatable bonds is 10. The van der Waals surface area contributed by atoms with E-state index in [1.807, 2.05) is 48.7 Å². The van der Waals surface area contributed by atoms with Crippen LogP contribution in [0.15, 0.2) is 46.2 Å². The lowest BCUT2D eigenvalue weighted by Crippen LogP contribution is -2.28. The Balaban J connectivity index is 1.15. The van der Waals surface area contributed by atoms with Crippen LogP contribution in [0.2, 0.25) is 0 Å². The number of benzene rings is 2. The number of amides is 2. The van der Waals surface area contributed by atoms with Crippen LogP contribution in [-0.4, -0.2) is 60.8 Å². The van der Waals surface area contributed by atoms with Gasteiger partial charge in [-0.1, -0.05) is 99.9 Å². The fourth-order valence-corrected chi connectivity index (χ4v) is 15.0. The van der Waals surface area contributed by atoms with Crippen LogP contribution in [0.5, 0.6) is 0 Å². The van der Waals surface area contributed by atoms with Crippen LogP contribution in [0.25, 0.3) is 64.9 Å². The Morgan fingerprint density at radius 1 is 0.649 bits per heavy atom. The first-order valence-corrected chi connectivity index (χ1v) is 24.3. The molecule has 4 aromatic heterocycles. The van der Waals surface area contributed by atoms with Gasteiger partial charge in [0.25, 0.3) is 11.8 Å². The summed E-state index contributed by atoms with van der Waals surface area (Å²) < 4.78 is 20.3. The Morgan fingerprint density at radius 2 is 1.05 bits per heavy atom. The van der Waals surface area contributed by atoms with Crippen LogP contribution in [0.3, 0.4) is 0 Å². The molecule has 16 heteroatoms. The highest BCUT2D eigenvalue weighted by Gasteiger charge is 2.47. The van der Waals surface area contributed by atoms with E-state index in [9.17, 15) is 9.59 Å². The Bertz CT molecular complexity index is 2560. The lowest BCUT2D eigenvalue weighted by Gasteiger charge is -2.34. The lowest BCUT2D eigenvalue weighted by atomic mass is 9.68. The summed E-state index contributed by atoms with van der Waals surface area (Å²) in [5.41, 5.74) is 9.78. The van der Waals surface area contributed by atoms with Crippen molar-refractivity contribution in [2.24, 2.45) is 11.8 Å². The molecular weight excluding hydrogens is 865 g/mol. The second kappa shape index (κ2) is 15.1. The number of likely N-dealkylation sites (N-methyl/N-ethyl adjacent to an activating group) is 2. The molecule has 290 valence electrons. The van der Waals surface area contributed by atoms with Gasteiger partial charge in [-0.05, 0) is 73.9 Å². The number of hydrogen-bond acceptors (Lipinski definition) is 14. The van der Waals surface area contributed by atoms with Crippen LogP contribution in [0, 0.1) is 11.8 Å². The van der Waals surface area contributed by atoms with Gasteiger partial charge in [0, 0.05) is 60.3 Å². The van der Waals surface area contributed by atoms with Gasteiger partial charge in [0.1, 0.15) is 30.7 Å². The Hall–Kier alpha value is -3.22. The van der Waals surface area contributed by atoms with E-state index in [1.165, 1.54) is 77.6 Å². The molecule has 0 bridgehead atoms. The first-order valence-electron chi connectivity index (χ1n) is 18.7. The molecule has 6 aromatic rings. The molecule has 3 aliphatic rings. The van der Waals surface area contributed by atoms with Crippen LogP contribution in [-0.2, 0) is 15.0 Å². The number of thiophene rings is 2. The predicted octanol–water partition coefficient (Wildman–Crippen LogP) is 12.0. The van der Waals surface area contributed by atoms with E-state index in [2.05, 4.69) is 64.1 Å². The molecule has 0 unspecified atom stereocenters. The minimum absolute atomic E-state index is 0.0614. The molecule has 0 spiro atoms. The van der Waals surface area contributed by atoms with Crippen LogP contribution in [0.4, 0.5) is 0 Å². The molecule has 8 nitrogen and oxygen atoms in total. The quantitative estimate of drug-likeness (QED) is 0.0977. The van der Waals surface area contributed by atoms with Crippen molar-refractivity contribution in [1.29, 1.82) is 0 Å². The SMILES string of the molecule is CCN1C(=O)/C(=C/c2ccc(-c3cc4c(s3)-c3sc(-c5ccc(/C=C6\SC(=S)N(CC)C6=O)c6nsnc56)cc3C4(CC(C)C)CC(C)C)c3nsnc23)SC1=S. The van der Waals surface area contributed by atoms with E-state index in [4.69, 9.17) is 41.9 Å². The number of fused-ring (bicyclic) bond motifs is 5. The van der Waals surface area contributed by atoms with E-state index in [-0.39, 0.29) is 17.2 Å². The minimum Gasteiger partial charge on any atom is -0.293 e. The number of nitrogens with zero attached hydrogens (tertiary/aromatic N) is 6. The normalized spacial score (nSPS) is 18.0. The van der Waals surface area contributed by atoms with Crippen LogP contribution < -0.4 is 0 Å². The average molecular weight is 901 g/mol. The molecule has 0 saturated carbocycles. The molecule has 6 heterocycles. The zero-order chi connectivity index (χ0) is 39.9. The number of thiocarbonyl (C=S) groups is 2. The smallest absolute Gasteiger partial charge is 0.266 e. The number of aromatic nitrogens is 4. The van der Waals surface area contributed by atoms with E-state index < -0.39 is 0 Å². The summed E-state index contributed by atoms with van der Waals surface area (Å²) in [6.45, 7) is 14.3. The van der Waals surface area contributed by atoms with Gasteiger partial charge in [-0.15, -0.1) is 22.7 Å². The number of hydrogen-bond donors (Lipinski definition) is 0. The zero-order valence-corrected chi connectivity index (χ0v) is 38.4. The summed E-state index contributed by atoms with van der Waals surface area (Å²) in [6.07, 6.45) is 5.88. The standard InChI is InChI=1S/C41H36N6O2S8/c1-7-46-37(48)29(54-39(46)50)13-21-9-11-23(33-31(21)42-56-44-33)27-15-25-35(52-27)36-26(41(25,17-19(3)4)18-20(5)6)16-28(53-36)24-12-10-22(32-34(24)45-57-43-32)14-30-38(49)47(8-2)40(51)55-30/h9-16,19-20H,7-8,17-18H2,1-6H3/b29-13-,30-14-. The largest absolute Gasteiger partial charge is 0.293 e. The summed E-state index contributed by atoms with van der Waals surface area (Å²) in [5, 5.41) is 0. The van der Waals surface area contributed by atoms with Gasteiger partial charge in [0.05, 0.1) is 33.3 Å². The highest BCUT2D eigenvalue weighted by Crippen LogP contribution is 2.62. The highest BCUT2D eigenvalue weighted by molar-refractivity contribution is 8.27. The number of carbonyl (C=O) groups excluding carboxylic acids is 2. The summed E-state index contributed by atoms with van der Waals surface area (Å²) in [5.74, 6) is 0.818. The first-order chi connectivity index (χ1) is 27.4. The van der Waals surface area contributed by atoms with Crippen LogP contribution in [0.1, 0.15) is 76.6 Å². The maximum absolute atomic E-state index is 13.1. The summed E-state index contributed by atoms with van der Waals surface area (Å²) in [4.78, 5) is 35.6. The first kappa shape index (κ1) is 39.3. The van der Waals surface area contributed by atoms with Gasteiger partial charge in [-0.25, -0.2) is 0 Å². The van der Waals surface area contributed by atoms with E-state index >= 15 is 0 Å². The monoisotopic (exact) mass is 900 g/mol. The molecule has 0 N–H and O–H groups in total. The van der Waals surface area contributed by atoms with Crippen molar-refractivity contribution in [2.45, 2.75) is 59.8 Å². The Labute approximate surface area is 366 Å². The van der Waals surface area contributed by atoms with Crippen molar-refractivity contribution in [1.82, 2.24) is 27.3 Å². The van der Waals surface area contributed by atoms with Crippen molar-refractivity contribution < 1.29 is 9.59 Å². The van der Waals surface area contributed by atoms with Crippen molar-refractivity contribution >= 4 is 149 Å². The molecule has 0 radical (unpaired) electrons. The molecule has 2 fully saturated rings. The third-order valence-corrected chi connectivity index (χ3v) is 16.9. The molecule has 0 atom stereocenters. The third-order valence-electron chi connectivity index (χ3n) is 10.6. The van der Waals surface area contributed by atoms with Gasteiger partial charge in [-0.3, -0.25) is 19.4 Å². The molecule has 2 amide bonds. The molecule has 2 aliphatic heterocycles. The average Bonchev–Trinajstić information content (AvgIpc) is 4.03. The minimum atomic E-state index is -0.155. The second-order valence-electron chi connectivity index (χ2n) is 15.2. The third kappa shape index (κ3) is 6.49. The van der Waals surface area contributed by atoms with E-state index in [1.54, 1.807) is 9.80 Å². The van der Waals surface area contributed by atoms with Crippen LogP contribution >= 0.6 is 94.1 Å². The Morgan fingerprint density at radius 3 is 1.42 bits per heavy atom. The molecular formula is C41H36N6O2S8. The van der Waals surface area contributed by atoms with Gasteiger partial charge in [0.15, 0.2) is 0 Å². The maximum Gasteiger partial charge on any atom is 0.266 e. The fraction of sp³-hybridized carbons (Fsp3) is 0.317. The topological polar surface area (TPSA) is 92.2 Å². The fourth-order valence-electron chi connectivity index (χ4n) is 8.39.